The van der Waals surface area contributed by atoms with Crippen molar-refractivity contribution in [1.82, 2.24) is 9.78 Å². The number of nitrogens with two attached hydrogens (primary N) is 1. The second-order valence-electron chi connectivity index (χ2n) is 3.27. The van der Waals surface area contributed by atoms with E-state index < -0.39 is 5.97 Å². The molecule has 1 aromatic heterocycles. The topological polar surface area (TPSA) is 81.1 Å². The molecule has 0 unspecified atom stereocenters. The summed E-state index contributed by atoms with van der Waals surface area (Å²) in [5.41, 5.74) is 6.08. The zero-order chi connectivity index (χ0) is 12.6. The first-order chi connectivity index (χ1) is 7.99. The van der Waals surface area contributed by atoms with E-state index in [1.165, 1.54) is 10.7 Å². The number of halogens is 2. The van der Waals surface area contributed by atoms with Crippen LogP contribution in [0.5, 0.6) is 0 Å². The smallest absolute Gasteiger partial charge is 0.356 e. The summed E-state index contributed by atoms with van der Waals surface area (Å²) < 4.78 is 1.28. The molecule has 3 N–H and O–H groups in total. The zero-order valence-electron chi connectivity index (χ0n) is 8.39. The summed E-state index contributed by atoms with van der Waals surface area (Å²) in [5, 5.41) is 13.4. The van der Waals surface area contributed by atoms with E-state index in [0.717, 1.165) is 0 Å². The third kappa shape index (κ3) is 2.20. The van der Waals surface area contributed by atoms with Crippen molar-refractivity contribution >= 4 is 35.0 Å². The molecule has 0 bridgehead atoms. The lowest BCUT2D eigenvalue weighted by Gasteiger charge is -2.04. The number of hydrogen-bond acceptors (Lipinski definition) is 3. The summed E-state index contributed by atoms with van der Waals surface area (Å²) in [4.78, 5) is 10.7. The Morgan fingerprint density at radius 1 is 1.29 bits per heavy atom. The summed E-state index contributed by atoms with van der Waals surface area (Å²) in [6, 6.07) is 6.05. The molecule has 2 aromatic rings. The standard InChI is InChI=1S/C10H7Cl2N3O2/c11-6-2-1-5(3-7(6)12)15-9(13)4-8(14-15)10(16)17/h1-4H,13H2,(H,16,17). The van der Waals surface area contributed by atoms with Crippen LogP contribution in [0.25, 0.3) is 5.69 Å². The number of anilines is 1. The van der Waals surface area contributed by atoms with Gasteiger partial charge in [-0.05, 0) is 18.2 Å². The molecule has 1 aromatic carbocycles. The highest BCUT2D eigenvalue weighted by atomic mass is 35.5. The molecule has 7 heteroatoms. The molecule has 0 radical (unpaired) electrons. The molecule has 0 aliphatic rings. The van der Waals surface area contributed by atoms with Gasteiger partial charge in [-0.25, -0.2) is 9.48 Å². The van der Waals surface area contributed by atoms with Crippen molar-refractivity contribution in [3.8, 4) is 5.69 Å². The minimum Gasteiger partial charge on any atom is -0.476 e. The van der Waals surface area contributed by atoms with Crippen LogP contribution in [-0.4, -0.2) is 20.9 Å². The zero-order valence-corrected chi connectivity index (χ0v) is 9.90. The van der Waals surface area contributed by atoms with Gasteiger partial charge in [0.1, 0.15) is 5.82 Å². The summed E-state index contributed by atoms with van der Waals surface area (Å²) in [6.07, 6.45) is 0. The third-order valence-corrected chi connectivity index (χ3v) is 2.84. The van der Waals surface area contributed by atoms with Gasteiger partial charge >= 0.3 is 5.97 Å². The number of rotatable bonds is 2. The quantitative estimate of drug-likeness (QED) is 0.879. The van der Waals surface area contributed by atoms with Gasteiger partial charge in [0.05, 0.1) is 15.7 Å². The SMILES string of the molecule is Nc1cc(C(=O)O)nn1-c1ccc(Cl)c(Cl)c1. The van der Waals surface area contributed by atoms with Crippen molar-refractivity contribution in [3.63, 3.8) is 0 Å². The Morgan fingerprint density at radius 2 is 2.00 bits per heavy atom. The molecule has 88 valence electrons. The van der Waals surface area contributed by atoms with Crippen molar-refractivity contribution in [2.45, 2.75) is 0 Å². The molecule has 0 saturated carbocycles. The molecule has 0 fully saturated rings. The summed E-state index contributed by atoms with van der Waals surface area (Å²) >= 11 is 11.6. The molecular formula is C10H7Cl2N3O2. The fourth-order valence-electron chi connectivity index (χ4n) is 1.32. The van der Waals surface area contributed by atoms with Crippen LogP contribution in [0.15, 0.2) is 24.3 Å². The number of carbonyl (C=O) groups is 1. The second kappa shape index (κ2) is 4.27. The van der Waals surface area contributed by atoms with Gasteiger partial charge in [0, 0.05) is 6.07 Å². The van der Waals surface area contributed by atoms with Crippen LogP contribution in [0.3, 0.4) is 0 Å². The molecule has 2 rings (SSSR count). The number of aromatic carboxylic acids is 1. The normalized spacial score (nSPS) is 10.5. The van der Waals surface area contributed by atoms with Crippen LogP contribution in [0.1, 0.15) is 10.5 Å². The fourth-order valence-corrected chi connectivity index (χ4v) is 1.62. The maximum absolute atomic E-state index is 10.7. The van der Waals surface area contributed by atoms with Crippen LogP contribution in [-0.2, 0) is 0 Å². The highest BCUT2D eigenvalue weighted by molar-refractivity contribution is 6.42. The van der Waals surface area contributed by atoms with Crippen LogP contribution in [0.2, 0.25) is 10.0 Å². The van der Waals surface area contributed by atoms with E-state index in [0.29, 0.717) is 15.7 Å². The Morgan fingerprint density at radius 3 is 2.53 bits per heavy atom. The molecule has 0 saturated heterocycles. The van der Waals surface area contributed by atoms with E-state index in [1.54, 1.807) is 18.2 Å². The maximum Gasteiger partial charge on any atom is 0.356 e. The lowest BCUT2D eigenvalue weighted by Crippen LogP contribution is -2.03. The number of benzene rings is 1. The molecule has 0 amide bonds. The van der Waals surface area contributed by atoms with Crippen molar-refractivity contribution in [3.05, 3.63) is 40.0 Å². The first-order valence-electron chi connectivity index (χ1n) is 4.53. The monoisotopic (exact) mass is 271 g/mol. The number of carboxylic acids is 1. The average Bonchev–Trinajstić information content (AvgIpc) is 2.65. The van der Waals surface area contributed by atoms with E-state index in [2.05, 4.69) is 5.10 Å². The summed E-state index contributed by atoms with van der Waals surface area (Å²) in [6.45, 7) is 0. The Labute approximate surface area is 106 Å². The van der Waals surface area contributed by atoms with Crippen molar-refractivity contribution in [1.29, 1.82) is 0 Å². The first-order valence-corrected chi connectivity index (χ1v) is 5.29. The molecule has 0 aliphatic carbocycles. The Kier molecular flexibility index (Phi) is 2.95. The minimum absolute atomic E-state index is 0.131. The van der Waals surface area contributed by atoms with Crippen LogP contribution < -0.4 is 5.73 Å². The summed E-state index contributed by atoms with van der Waals surface area (Å²) in [5.74, 6) is -0.934. The van der Waals surface area contributed by atoms with E-state index in [9.17, 15) is 4.79 Å². The van der Waals surface area contributed by atoms with Gasteiger partial charge in [-0.15, -0.1) is 0 Å². The van der Waals surface area contributed by atoms with Crippen molar-refractivity contribution < 1.29 is 9.90 Å². The lowest BCUT2D eigenvalue weighted by atomic mass is 10.3. The number of aromatic nitrogens is 2. The molecule has 0 aliphatic heterocycles. The second-order valence-corrected chi connectivity index (χ2v) is 4.08. The van der Waals surface area contributed by atoms with E-state index in [-0.39, 0.29) is 11.5 Å². The predicted octanol–water partition coefficient (Wildman–Crippen LogP) is 2.46. The van der Waals surface area contributed by atoms with Crippen LogP contribution in [0.4, 0.5) is 5.82 Å². The molecule has 1 heterocycles. The summed E-state index contributed by atoms with van der Waals surface area (Å²) in [7, 11) is 0. The number of nitrogens with zero attached hydrogens (tertiary/aromatic N) is 2. The molecule has 0 spiro atoms. The van der Waals surface area contributed by atoms with E-state index in [4.69, 9.17) is 34.0 Å². The Bertz CT molecular complexity index is 595. The maximum atomic E-state index is 10.7. The molecule has 17 heavy (non-hydrogen) atoms. The minimum atomic E-state index is -1.14. The van der Waals surface area contributed by atoms with E-state index in [1.807, 2.05) is 0 Å². The highest BCUT2D eigenvalue weighted by Gasteiger charge is 2.12. The number of nitrogen functional groups attached to an aromatic ring is 1. The van der Waals surface area contributed by atoms with Crippen LogP contribution in [0, 0.1) is 0 Å². The van der Waals surface area contributed by atoms with Crippen LogP contribution >= 0.6 is 23.2 Å². The molecule has 5 nitrogen and oxygen atoms in total. The fraction of sp³-hybridized carbons (Fsp3) is 0. The lowest BCUT2D eigenvalue weighted by molar-refractivity contribution is 0.0690. The van der Waals surface area contributed by atoms with E-state index >= 15 is 0 Å². The van der Waals surface area contributed by atoms with Gasteiger partial charge in [-0.3, -0.25) is 0 Å². The Hall–Kier alpha value is -1.72. The largest absolute Gasteiger partial charge is 0.476 e. The van der Waals surface area contributed by atoms with Gasteiger partial charge in [0.2, 0.25) is 0 Å². The van der Waals surface area contributed by atoms with Gasteiger partial charge in [-0.2, -0.15) is 5.10 Å². The van der Waals surface area contributed by atoms with Crippen molar-refractivity contribution in [2.24, 2.45) is 0 Å². The van der Waals surface area contributed by atoms with Gasteiger partial charge in [0.25, 0.3) is 0 Å². The highest BCUT2D eigenvalue weighted by Crippen LogP contribution is 2.25. The van der Waals surface area contributed by atoms with Gasteiger partial charge in [-0.1, -0.05) is 23.2 Å². The Balaban J connectivity index is 2.52. The van der Waals surface area contributed by atoms with Gasteiger partial charge in [0.15, 0.2) is 5.69 Å². The predicted molar refractivity (Wildman–Crippen MR) is 65.0 cm³/mol. The third-order valence-electron chi connectivity index (χ3n) is 2.10. The van der Waals surface area contributed by atoms with Gasteiger partial charge < -0.3 is 10.8 Å². The number of hydrogen-bond donors (Lipinski definition) is 2. The molecular weight excluding hydrogens is 265 g/mol. The van der Waals surface area contributed by atoms with Crippen molar-refractivity contribution in [2.75, 3.05) is 5.73 Å². The first kappa shape index (κ1) is 11.8. The molecule has 0 atom stereocenters. The average molecular weight is 272 g/mol. The number of carboxylic acid groups (broad SMARTS) is 1.